The zero-order valence-electron chi connectivity index (χ0n) is 21.4. The third-order valence-electron chi connectivity index (χ3n) is 8.94. The average molecular weight is 518 g/mol. The van der Waals surface area contributed by atoms with Gasteiger partial charge in [0.25, 0.3) is 5.91 Å². The summed E-state index contributed by atoms with van der Waals surface area (Å²) in [5.74, 6) is 0.215. The molecule has 3 saturated heterocycles. The Morgan fingerprint density at radius 3 is 2.19 bits per heavy atom. The van der Waals surface area contributed by atoms with Crippen LogP contribution in [0.5, 0.6) is 0 Å². The molecule has 3 aromatic rings. The van der Waals surface area contributed by atoms with Crippen LogP contribution in [0.3, 0.4) is 0 Å². The third-order valence-corrected chi connectivity index (χ3v) is 8.94. The molecule has 0 saturated carbocycles. The molecule has 3 fully saturated rings. The molecule has 0 radical (unpaired) electrons. The van der Waals surface area contributed by atoms with E-state index in [9.17, 15) is 9.90 Å². The molecule has 3 N–H and O–H groups in total. The minimum Gasteiger partial charge on any atom is -1.00 e. The molecule has 1 atom stereocenters. The zero-order chi connectivity index (χ0) is 24.8. The highest BCUT2D eigenvalue weighted by atomic mass is 35.5. The number of nitrogens with one attached hydrogen (secondary N) is 2. The van der Waals surface area contributed by atoms with E-state index in [2.05, 4.69) is 41.8 Å². The minimum atomic E-state index is -1.64. The van der Waals surface area contributed by atoms with Crippen LogP contribution in [-0.4, -0.2) is 54.3 Å². The predicted octanol–water partition coefficient (Wildman–Crippen LogP) is 1.44. The standard InChI is InChI=1S/C31H35N3O2.ClH/c1-22-9-2-7-14-28(22)32-17-8-18-34-19-15-23(16-20-34)29(21-34)33-30(35)31(36)26-12-5-3-10-24(26)25-11-4-6-13-27(25)31;/h2-7,9-14,23,29,32,36H,8,15-21H2,1H3;1H/t23?,29-,34?;/m0./s1. The maximum absolute atomic E-state index is 13.8. The minimum absolute atomic E-state index is 0. The van der Waals surface area contributed by atoms with Crippen molar-refractivity contribution in [1.82, 2.24) is 5.32 Å². The lowest BCUT2D eigenvalue weighted by Gasteiger charge is -2.53. The van der Waals surface area contributed by atoms with Crippen molar-refractivity contribution >= 4 is 11.6 Å². The number of rotatable bonds is 7. The van der Waals surface area contributed by atoms with Crippen LogP contribution in [-0.2, 0) is 10.4 Å². The predicted molar refractivity (Wildman–Crippen MR) is 144 cm³/mol. The Morgan fingerprint density at radius 2 is 1.54 bits per heavy atom. The second-order valence-electron chi connectivity index (χ2n) is 11.0. The number of benzene rings is 3. The number of carbonyl (C=O) groups excluding carboxylic acids is 1. The first kappa shape index (κ1) is 25.8. The quantitative estimate of drug-likeness (QED) is 0.328. The fourth-order valence-electron chi connectivity index (χ4n) is 6.90. The first-order chi connectivity index (χ1) is 17.5. The highest BCUT2D eigenvalue weighted by molar-refractivity contribution is 5.98. The number of halogens is 1. The molecule has 0 aromatic heterocycles. The van der Waals surface area contributed by atoms with Crippen LogP contribution in [0.25, 0.3) is 11.1 Å². The van der Waals surface area contributed by atoms with Crippen LogP contribution in [0.2, 0.25) is 0 Å². The van der Waals surface area contributed by atoms with Gasteiger partial charge < -0.3 is 32.6 Å². The largest absolute Gasteiger partial charge is 1.00 e. The fourth-order valence-corrected chi connectivity index (χ4v) is 6.90. The number of para-hydroxylation sites is 1. The van der Waals surface area contributed by atoms with Crippen LogP contribution < -0.4 is 23.0 Å². The average Bonchev–Trinajstić information content (AvgIpc) is 3.18. The van der Waals surface area contributed by atoms with Crippen molar-refractivity contribution in [1.29, 1.82) is 0 Å². The van der Waals surface area contributed by atoms with Gasteiger partial charge in [-0.3, -0.25) is 4.79 Å². The molecule has 3 aromatic carbocycles. The van der Waals surface area contributed by atoms with Gasteiger partial charge in [0, 0.05) is 42.6 Å². The van der Waals surface area contributed by atoms with Gasteiger partial charge in [0.2, 0.25) is 0 Å². The monoisotopic (exact) mass is 517 g/mol. The molecule has 6 heteroatoms. The topological polar surface area (TPSA) is 61.4 Å². The lowest BCUT2D eigenvalue weighted by Crippen LogP contribution is -3.00. The summed E-state index contributed by atoms with van der Waals surface area (Å²) in [6.45, 7) is 7.56. The van der Waals surface area contributed by atoms with Gasteiger partial charge in [-0.2, -0.15) is 0 Å². The Balaban J connectivity index is 0.00000280. The summed E-state index contributed by atoms with van der Waals surface area (Å²) in [6, 6.07) is 24.1. The van der Waals surface area contributed by atoms with Gasteiger partial charge in [-0.1, -0.05) is 66.7 Å². The second kappa shape index (κ2) is 10.1. The molecule has 3 heterocycles. The maximum atomic E-state index is 13.8. The molecule has 194 valence electrons. The number of nitrogens with zero attached hydrogens (tertiary/aromatic N) is 1. The number of piperidine rings is 3. The molecule has 1 amide bonds. The van der Waals surface area contributed by atoms with Crippen LogP contribution in [0, 0.1) is 12.8 Å². The van der Waals surface area contributed by atoms with E-state index in [1.165, 1.54) is 24.3 Å². The van der Waals surface area contributed by atoms with E-state index in [1.54, 1.807) is 0 Å². The normalized spacial score (nSPS) is 24.5. The summed E-state index contributed by atoms with van der Waals surface area (Å²) >= 11 is 0. The van der Waals surface area contributed by atoms with E-state index >= 15 is 0 Å². The van der Waals surface area contributed by atoms with Crippen molar-refractivity contribution in [2.24, 2.45) is 5.92 Å². The Labute approximate surface area is 225 Å². The summed E-state index contributed by atoms with van der Waals surface area (Å²) in [5.41, 5.74) is 4.13. The van der Waals surface area contributed by atoms with Gasteiger partial charge in [0.1, 0.15) is 0 Å². The number of hydrogen-bond donors (Lipinski definition) is 3. The zero-order valence-corrected chi connectivity index (χ0v) is 22.2. The van der Waals surface area contributed by atoms with Gasteiger partial charge in [0.15, 0.2) is 5.60 Å². The second-order valence-corrected chi connectivity index (χ2v) is 11.0. The lowest BCUT2D eigenvalue weighted by molar-refractivity contribution is -0.943. The summed E-state index contributed by atoms with van der Waals surface area (Å²) in [7, 11) is 0. The Morgan fingerprint density at radius 1 is 0.946 bits per heavy atom. The van der Waals surface area contributed by atoms with Gasteiger partial charge in [-0.25, -0.2) is 0 Å². The van der Waals surface area contributed by atoms with Crippen LogP contribution >= 0.6 is 0 Å². The molecule has 5 nitrogen and oxygen atoms in total. The molecular weight excluding hydrogens is 482 g/mol. The Bertz CT molecular complexity index is 1240. The molecule has 0 spiro atoms. The molecule has 0 unspecified atom stereocenters. The van der Waals surface area contributed by atoms with Crippen LogP contribution in [0.4, 0.5) is 5.69 Å². The summed E-state index contributed by atoms with van der Waals surface area (Å²) in [6.07, 6.45) is 3.38. The first-order valence-electron chi connectivity index (χ1n) is 13.4. The smallest absolute Gasteiger partial charge is 0.261 e. The van der Waals surface area contributed by atoms with Gasteiger partial charge in [-0.05, 0) is 35.6 Å². The summed E-state index contributed by atoms with van der Waals surface area (Å²) < 4.78 is 1.07. The van der Waals surface area contributed by atoms with Crippen molar-refractivity contribution in [3.05, 3.63) is 89.5 Å². The van der Waals surface area contributed by atoms with Crippen molar-refractivity contribution < 1.29 is 26.8 Å². The van der Waals surface area contributed by atoms with E-state index in [0.717, 1.165) is 54.5 Å². The van der Waals surface area contributed by atoms with Crippen molar-refractivity contribution in [2.45, 2.75) is 37.8 Å². The number of quaternary nitrogens is 1. The first-order valence-corrected chi connectivity index (χ1v) is 13.4. The molecular formula is C31H36ClN3O2. The molecule has 2 bridgehead atoms. The van der Waals surface area contributed by atoms with Gasteiger partial charge >= 0.3 is 0 Å². The van der Waals surface area contributed by atoms with Gasteiger partial charge in [0.05, 0.1) is 32.2 Å². The van der Waals surface area contributed by atoms with Gasteiger partial charge in [-0.15, -0.1) is 0 Å². The number of amides is 1. The third kappa shape index (κ3) is 4.43. The number of carbonyl (C=O) groups is 1. The molecule has 4 aliphatic rings. The molecule has 7 rings (SSSR count). The molecule has 3 aliphatic heterocycles. The highest BCUT2D eigenvalue weighted by Crippen LogP contribution is 2.47. The van der Waals surface area contributed by atoms with Crippen LogP contribution in [0.15, 0.2) is 72.8 Å². The number of anilines is 1. The van der Waals surface area contributed by atoms with E-state index in [0.29, 0.717) is 17.0 Å². The fraction of sp³-hybridized carbons (Fsp3) is 0.387. The van der Waals surface area contributed by atoms with E-state index in [-0.39, 0.29) is 24.4 Å². The van der Waals surface area contributed by atoms with Crippen molar-refractivity contribution in [2.75, 3.05) is 38.0 Å². The van der Waals surface area contributed by atoms with Crippen molar-refractivity contribution in [3.8, 4) is 11.1 Å². The molecule has 1 aliphatic carbocycles. The Kier molecular flexibility index (Phi) is 7.06. The number of aliphatic hydroxyl groups is 1. The number of fused-ring (bicyclic) bond motifs is 6. The van der Waals surface area contributed by atoms with Crippen LogP contribution in [0.1, 0.15) is 36.0 Å². The molecule has 37 heavy (non-hydrogen) atoms. The highest BCUT2D eigenvalue weighted by Gasteiger charge is 2.51. The van der Waals surface area contributed by atoms with Crippen molar-refractivity contribution in [3.63, 3.8) is 0 Å². The maximum Gasteiger partial charge on any atom is 0.261 e. The summed E-state index contributed by atoms with van der Waals surface area (Å²) in [4.78, 5) is 13.8. The lowest BCUT2D eigenvalue weighted by atomic mass is 9.80. The summed E-state index contributed by atoms with van der Waals surface area (Å²) in [5, 5.41) is 18.8. The number of hydrogen-bond acceptors (Lipinski definition) is 3. The SMILES string of the molecule is Cc1ccccc1NCCC[N+]12CCC(CC1)[C@@H](NC(=O)C1(O)c3ccccc3-c3ccccc31)C2.[Cl-]. The number of aryl methyl sites for hydroxylation is 1. The van der Waals surface area contributed by atoms with E-state index in [1.807, 2.05) is 48.5 Å². The van der Waals surface area contributed by atoms with E-state index in [4.69, 9.17) is 0 Å². The van der Waals surface area contributed by atoms with E-state index < -0.39 is 5.60 Å². The Hall–Kier alpha value is -2.86.